The lowest BCUT2D eigenvalue weighted by atomic mass is 9.47. The predicted octanol–water partition coefficient (Wildman–Crippen LogP) is 2.08. The van der Waals surface area contributed by atoms with E-state index in [1.807, 2.05) is 13.8 Å². The monoisotopic (exact) mass is 362 g/mol. The Kier molecular flexibility index (Phi) is 2.18. The van der Waals surface area contributed by atoms with Crippen molar-refractivity contribution >= 4 is 5.97 Å². The summed E-state index contributed by atoms with van der Waals surface area (Å²) in [6.07, 6.45) is 0.701. The van der Waals surface area contributed by atoms with Gasteiger partial charge in [-0.15, -0.1) is 0 Å². The van der Waals surface area contributed by atoms with E-state index in [2.05, 4.69) is 6.92 Å². The van der Waals surface area contributed by atoms with Gasteiger partial charge in [0.2, 0.25) is 0 Å². The summed E-state index contributed by atoms with van der Waals surface area (Å²) >= 11 is 0. The van der Waals surface area contributed by atoms with Crippen LogP contribution in [0.5, 0.6) is 0 Å². The van der Waals surface area contributed by atoms with Crippen molar-refractivity contribution in [1.29, 1.82) is 0 Å². The fourth-order valence-electron chi connectivity index (χ4n) is 7.63. The van der Waals surface area contributed by atoms with Crippen LogP contribution in [0, 0.1) is 17.3 Å². The van der Waals surface area contributed by atoms with Crippen LogP contribution in [0.4, 0.5) is 4.39 Å². The largest absolute Gasteiger partial charge is 0.458 e. The van der Waals surface area contributed by atoms with Gasteiger partial charge in [-0.3, -0.25) is 0 Å². The summed E-state index contributed by atoms with van der Waals surface area (Å²) in [7, 11) is 0. The standard InChI is InChI=1S/C20H23FO5/c1-8(2)18-13(25-18)14-20(26-14)17(3)5-4-9-10(7-23-15(9)22)11(17)6-12-19(20,24-12)16(18)21/h8,11-14,16H,4-7H2,1-3H3/t11-,12-,13-,14-,16+,17-,18-,19+,20+/m0/s1. The Labute approximate surface area is 151 Å². The average Bonchev–Trinajstić information content (AvgIpc) is 3.47. The maximum absolute atomic E-state index is 16.0. The zero-order valence-electron chi connectivity index (χ0n) is 15.2. The lowest BCUT2D eigenvalue weighted by molar-refractivity contribution is -0.136. The fourth-order valence-corrected chi connectivity index (χ4v) is 7.63. The number of ether oxygens (including phenoxy) is 4. The van der Waals surface area contributed by atoms with Crippen LogP contribution in [-0.2, 0) is 23.7 Å². The Balaban J connectivity index is 1.39. The highest BCUT2D eigenvalue weighted by atomic mass is 19.1. The second kappa shape index (κ2) is 3.78. The maximum atomic E-state index is 16.0. The third-order valence-corrected chi connectivity index (χ3v) is 9.04. The second-order valence-corrected chi connectivity index (χ2v) is 9.87. The van der Waals surface area contributed by atoms with Crippen molar-refractivity contribution in [2.75, 3.05) is 6.61 Å². The van der Waals surface area contributed by atoms with Crippen molar-refractivity contribution in [3.63, 3.8) is 0 Å². The molecule has 0 amide bonds. The van der Waals surface area contributed by atoms with Gasteiger partial charge in [0.25, 0.3) is 0 Å². The van der Waals surface area contributed by atoms with Gasteiger partial charge >= 0.3 is 5.97 Å². The fraction of sp³-hybridized carbons (Fsp3) is 0.850. The summed E-state index contributed by atoms with van der Waals surface area (Å²) in [5, 5.41) is 0. The molecule has 0 bridgehead atoms. The van der Waals surface area contributed by atoms with E-state index in [9.17, 15) is 4.79 Å². The Morgan fingerprint density at radius 3 is 2.77 bits per heavy atom. The van der Waals surface area contributed by atoms with E-state index in [4.69, 9.17) is 18.9 Å². The van der Waals surface area contributed by atoms with E-state index in [0.29, 0.717) is 13.0 Å². The number of rotatable bonds is 1. The number of esters is 1. The molecular weight excluding hydrogens is 339 g/mol. The van der Waals surface area contributed by atoms with Crippen LogP contribution in [-0.4, -0.2) is 53.9 Å². The quantitative estimate of drug-likeness (QED) is 0.528. The van der Waals surface area contributed by atoms with Crippen LogP contribution in [0.25, 0.3) is 0 Å². The molecule has 6 heteroatoms. The molecule has 2 saturated carbocycles. The average molecular weight is 362 g/mol. The molecule has 7 aliphatic rings. The molecule has 3 saturated heterocycles. The minimum atomic E-state index is -1.15. The normalized spacial score (nSPS) is 63.1. The summed E-state index contributed by atoms with van der Waals surface area (Å²) in [4.78, 5) is 12.1. The third-order valence-electron chi connectivity index (χ3n) is 9.04. The first-order chi connectivity index (χ1) is 12.3. The van der Waals surface area contributed by atoms with Crippen LogP contribution < -0.4 is 0 Å². The molecule has 0 radical (unpaired) electrons. The molecule has 4 aliphatic heterocycles. The summed E-state index contributed by atoms with van der Waals surface area (Å²) < 4.78 is 40.0. The first-order valence-corrected chi connectivity index (χ1v) is 9.91. The van der Waals surface area contributed by atoms with Crippen LogP contribution in [0.1, 0.15) is 40.0 Å². The lowest BCUT2D eigenvalue weighted by Gasteiger charge is -2.52. The molecule has 4 heterocycles. The molecule has 2 spiro atoms. The van der Waals surface area contributed by atoms with Crippen molar-refractivity contribution in [3.8, 4) is 0 Å². The summed E-state index contributed by atoms with van der Waals surface area (Å²) in [5.41, 5.74) is -0.492. The van der Waals surface area contributed by atoms with Crippen molar-refractivity contribution in [2.45, 2.75) is 81.3 Å². The number of cyclic esters (lactones) is 1. The maximum Gasteiger partial charge on any atom is 0.334 e. The number of carbonyl (C=O) groups excluding carboxylic acids is 1. The zero-order valence-corrected chi connectivity index (χ0v) is 15.2. The van der Waals surface area contributed by atoms with Gasteiger partial charge in [-0.05, 0) is 36.7 Å². The van der Waals surface area contributed by atoms with Crippen LogP contribution in [0.2, 0.25) is 0 Å². The van der Waals surface area contributed by atoms with Gasteiger partial charge in [0.1, 0.15) is 30.0 Å². The van der Waals surface area contributed by atoms with E-state index in [1.165, 1.54) is 0 Å². The van der Waals surface area contributed by atoms with Crippen molar-refractivity contribution in [1.82, 2.24) is 0 Å². The van der Waals surface area contributed by atoms with E-state index in [0.717, 1.165) is 24.0 Å². The Bertz CT molecular complexity index is 823. The van der Waals surface area contributed by atoms with Crippen LogP contribution in [0.3, 0.4) is 0 Å². The van der Waals surface area contributed by atoms with Gasteiger partial charge in [0.05, 0.1) is 6.10 Å². The highest BCUT2D eigenvalue weighted by Crippen LogP contribution is 2.83. The molecule has 3 aliphatic carbocycles. The van der Waals surface area contributed by atoms with Gasteiger partial charge in [-0.1, -0.05) is 20.8 Å². The highest BCUT2D eigenvalue weighted by molar-refractivity contribution is 5.92. The topological polar surface area (TPSA) is 63.9 Å². The summed E-state index contributed by atoms with van der Waals surface area (Å²) in [6, 6.07) is 0. The summed E-state index contributed by atoms with van der Waals surface area (Å²) in [6.45, 7) is 6.66. The zero-order chi connectivity index (χ0) is 17.9. The van der Waals surface area contributed by atoms with Gasteiger partial charge in [-0.2, -0.15) is 0 Å². The number of hydrogen-bond donors (Lipinski definition) is 0. The molecule has 0 unspecified atom stereocenters. The third kappa shape index (κ3) is 1.14. The van der Waals surface area contributed by atoms with Gasteiger partial charge in [0.15, 0.2) is 11.8 Å². The van der Waals surface area contributed by atoms with E-state index >= 15 is 4.39 Å². The molecule has 0 N–H and O–H groups in total. The number of fused-ring (bicyclic) bond motifs is 4. The SMILES string of the molecule is CC(C)[C@]12O[C@H]1[C@@H]1O[C@]13[C@]1(O[C@H]1C[C@H]1C4=C(CC[C@@]13C)C(=O)OC4)[C@@H]2F. The van der Waals surface area contributed by atoms with Gasteiger partial charge in [-0.25, -0.2) is 9.18 Å². The number of alkyl halides is 1. The number of hydrogen-bond acceptors (Lipinski definition) is 5. The van der Waals surface area contributed by atoms with E-state index in [-0.39, 0.29) is 41.5 Å². The number of halogens is 1. The van der Waals surface area contributed by atoms with Crippen LogP contribution in [0.15, 0.2) is 11.1 Å². The van der Waals surface area contributed by atoms with Crippen molar-refractivity contribution in [2.24, 2.45) is 17.3 Å². The molecule has 140 valence electrons. The first-order valence-electron chi connectivity index (χ1n) is 9.91. The van der Waals surface area contributed by atoms with E-state index < -0.39 is 23.0 Å². The lowest BCUT2D eigenvalue weighted by Crippen LogP contribution is -2.68. The molecule has 5 fully saturated rings. The Hall–Kier alpha value is -0.980. The first kappa shape index (κ1) is 15.0. The predicted molar refractivity (Wildman–Crippen MR) is 86.0 cm³/mol. The molecule has 7 rings (SSSR count). The molecular formula is C20H23FO5. The Morgan fingerprint density at radius 2 is 2.00 bits per heavy atom. The van der Waals surface area contributed by atoms with Gasteiger partial charge < -0.3 is 18.9 Å². The molecule has 5 nitrogen and oxygen atoms in total. The smallest absolute Gasteiger partial charge is 0.334 e. The molecule has 0 aromatic heterocycles. The summed E-state index contributed by atoms with van der Waals surface area (Å²) in [5.74, 6) is 0.0922. The van der Waals surface area contributed by atoms with Gasteiger partial charge in [0, 0.05) is 11.0 Å². The van der Waals surface area contributed by atoms with E-state index in [1.54, 1.807) is 0 Å². The molecule has 26 heavy (non-hydrogen) atoms. The number of epoxide rings is 3. The molecule has 0 aromatic rings. The van der Waals surface area contributed by atoms with Crippen molar-refractivity contribution in [3.05, 3.63) is 11.1 Å². The van der Waals surface area contributed by atoms with Crippen LogP contribution >= 0.6 is 0 Å². The minimum Gasteiger partial charge on any atom is -0.458 e. The highest BCUT2D eigenvalue weighted by Gasteiger charge is 3.00. The number of carbonyl (C=O) groups is 1. The van der Waals surface area contributed by atoms with Crippen molar-refractivity contribution < 1.29 is 28.1 Å². The molecule has 0 aromatic carbocycles. The Morgan fingerprint density at radius 1 is 1.19 bits per heavy atom. The minimum absolute atomic E-state index is 0.0881. The molecule has 9 atom stereocenters. The second-order valence-electron chi connectivity index (χ2n) is 9.87.